The van der Waals surface area contributed by atoms with Crippen molar-refractivity contribution in [1.29, 1.82) is 0 Å². The van der Waals surface area contributed by atoms with E-state index in [0.717, 1.165) is 5.56 Å². The van der Waals surface area contributed by atoms with Crippen LogP contribution in [-0.2, 0) is 5.67 Å². The number of benzene rings is 2. The van der Waals surface area contributed by atoms with Crippen molar-refractivity contribution in [2.45, 2.75) is 79.1 Å². The molecular formula is C26H35FN2. The van der Waals surface area contributed by atoms with Crippen LogP contribution in [0, 0.1) is 6.92 Å². The van der Waals surface area contributed by atoms with E-state index in [1.54, 1.807) is 13.8 Å². The lowest BCUT2D eigenvalue weighted by Gasteiger charge is -2.35. The largest absolute Gasteiger partial charge is 0.325 e. The first-order valence-corrected chi connectivity index (χ1v) is 10.7. The van der Waals surface area contributed by atoms with E-state index in [9.17, 15) is 4.39 Å². The lowest BCUT2D eigenvalue weighted by molar-refractivity contribution is 0.221. The third-order valence-electron chi connectivity index (χ3n) is 5.94. The molecule has 0 saturated carbocycles. The highest BCUT2D eigenvalue weighted by atomic mass is 19.1. The van der Waals surface area contributed by atoms with Gasteiger partial charge in [-0.3, -0.25) is 0 Å². The fourth-order valence-electron chi connectivity index (χ4n) is 4.12. The molecule has 2 aromatic rings. The molecule has 2 nitrogen and oxygen atoms in total. The number of hydrogen-bond donors (Lipinski definition) is 0. The summed E-state index contributed by atoms with van der Waals surface area (Å²) in [4.78, 5) is 4.67. The fourth-order valence-corrected chi connectivity index (χ4v) is 4.12. The lowest BCUT2D eigenvalue weighted by atomic mass is 9.86. The molecule has 29 heavy (non-hydrogen) atoms. The van der Waals surface area contributed by atoms with E-state index < -0.39 is 5.67 Å². The third-order valence-corrected chi connectivity index (χ3v) is 5.94. The Morgan fingerprint density at radius 2 is 1.41 bits per heavy atom. The Bertz CT molecular complexity index is 876. The van der Waals surface area contributed by atoms with E-state index in [2.05, 4.69) is 100 Å². The maximum atomic E-state index is 14.9. The highest BCUT2D eigenvalue weighted by Gasteiger charge is 2.31. The van der Waals surface area contributed by atoms with E-state index >= 15 is 0 Å². The number of halogens is 1. The number of aryl methyl sites for hydroxylation is 1. The van der Waals surface area contributed by atoms with Gasteiger partial charge >= 0.3 is 0 Å². The number of nitrogens with zero attached hydrogens (tertiary/aromatic N) is 2. The molecular weight excluding hydrogens is 359 g/mol. The van der Waals surface area contributed by atoms with Gasteiger partial charge in [-0.05, 0) is 67.9 Å². The lowest BCUT2D eigenvalue weighted by Crippen LogP contribution is -2.37. The number of para-hydroxylation sites is 1. The number of rotatable bonds is 5. The summed E-state index contributed by atoms with van der Waals surface area (Å²) in [6, 6.07) is 12.6. The molecule has 0 amide bonds. The van der Waals surface area contributed by atoms with Gasteiger partial charge < -0.3 is 9.80 Å². The monoisotopic (exact) mass is 394 g/mol. The van der Waals surface area contributed by atoms with E-state index in [1.807, 2.05) is 0 Å². The second kappa shape index (κ2) is 7.85. The van der Waals surface area contributed by atoms with Gasteiger partial charge in [-0.15, -0.1) is 0 Å². The summed E-state index contributed by atoms with van der Waals surface area (Å²) >= 11 is 0. The predicted molar refractivity (Wildman–Crippen MR) is 123 cm³/mol. The Labute approximate surface area is 176 Å². The minimum Gasteiger partial charge on any atom is -0.325 e. The molecule has 0 bridgehead atoms. The van der Waals surface area contributed by atoms with E-state index in [-0.39, 0.29) is 6.17 Å². The molecule has 1 atom stereocenters. The summed E-state index contributed by atoms with van der Waals surface area (Å²) in [6.07, 6.45) is 4.48. The molecule has 0 N–H and O–H groups in total. The van der Waals surface area contributed by atoms with Crippen molar-refractivity contribution in [3.63, 3.8) is 0 Å². The second-order valence-electron chi connectivity index (χ2n) is 9.32. The van der Waals surface area contributed by atoms with E-state index in [4.69, 9.17) is 0 Å². The average Bonchev–Trinajstić information content (AvgIpc) is 3.01. The molecule has 1 heterocycles. The Hall–Kier alpha value is -2.29. The van der Waals surface area contributed by atoms with Gasteiger partial charge in [0.1, 0.15) is 11.8 Å². The molecule has 0 aliphatic carbocycles. The fraction of sp³-hybridized carbons (Fsp3) is 0.462. The third kappa shape index (κ3) is 4.05. The van der Waals surface area contributed by atoms with Crippen LogP contribution in [0.25, 0.3) is 0 Å². The van der Waals surface area contributed by atoms with Gasteiger partial charge in [0.15, 0.2) is 0 Å². The van der Waals surface area contributed by atoms with E-state index in [1.165, 1.54) is 28.1 Å². The maximum absolute atomic E-state index is 14.9. The van der Waals surface area contributed by atoms with Gasteiger partial charge in [-0.2, -0.15) is 0 Å². The van der Waals surface area contributed by atoms with Crippen molar-refractivity contribution in [3.05, 3.63) is 71.1 Å². The molecule has 0 radical (unpaired) electrons. The SMILES string of the molecule is Cc1ccccc1N1C=CN(c2c(C(C)C)cc(C(C)(C)F)cc2C(C)C)[C@@H]1C. The van der Waals surface area contributed by atoms with Crippen molar-refractivity contribution >= 4 is 11.4 Å². The molecule has 1 aliphatic rings. The van der Waals surface area contributed by atoms with E-state index in [0.29, 0.717) is 11.8 Å². The molecule has 0 aromatic heterocycles. The van der Waals surface area contributed by atoms with Gasteiger partial charge in [-0.1, -0.05) is 58.0 Å². The van der Waals surface area contributed by atoms with Crippen LogP contribution in [0.1, 0.15) is 82.6 Å². The summed E-state index contributed by atoms with van der Waals surface area (Å²) in [5.41, 5.74) is 5.53. The number of anilines is 2. The predicted octanol–water partition coefficient (Wildman–Crippen LogP) is 7.59. The van der Waals surface area contributed by atoms with Crippen LogP contribution < -0.4 is 9.80 Å². The first kappa shape index (κ1) is 21.4. The smallest absolute Gasteiger partial charge is 0.130 e. The standard InChI is InChI=1S/C26H35FN2/c1-17(2)22-15-21(26(7,8)27)16-23(18(3)4)25(22)29-14-13-28(20(29)6)24-12-10-9-11-19(24)5/h9-18,20H,1-8H3/t20-/m1/s1. The Morgan fingerprint density at radius 1 is 0.897 bits per heavy atom. The summed E-state index contributed by atoms with van der Waals surface area (Å²) in [5.74, 6) is 0.607. The van der Waals surface area contributed by atoms with Crippen molar-refractivity contribution in [2.24, 2.45) is 0 Å². The zero-order valence-electron chi connectivity index (χ0n) is 19.1. The molecule has 3 rings (SSSR count). The molecule has 2 aromatic carbocycles. The summed E-state index contributed by atoms with van der Waals surface area (Å²) in [7, 11) is 0. The zero-order valence-corrected chi connectivity index (χ0v) is 19.1. The Kier molecular flexibility index (Phi) is 5.80. The number of hydrogen-bond acceptors (Lipinski definition) is 2. The van der Waals surface area contributed by atoms with Crippen LogP contribution in [0.4, 0.5) is 15.8 Å². The van der Waals surface area contributed by atoms with Crippen molar-refractivity contribution < 1.29 is 4.39 Å². The summed E-state index contributed by atoms with van der Waals surface area (Å²) in [6.45, 7) is 16.5. The average molecular weight is 395 g/mol. The molecule has 0 unspecified atom stereocenters. The van der Waals surface area contributed by atoms with Crippen LogP contribution >= 0.6 is 0 Å². The Morgan fingerprint density at radius 3 is 1.90 bits per heavy atom. The quantitative estimate of drug-likeness (QED) is 0.515. The highest BCUT2D eigenvalue weighted by molar-refractivity contribution is 5.70. The van der Waals surface area contributed by atoms with Crippen LogP contribution in [-0.4, -0.2) is 6.17 Å². The molecule has 156 valence electrons. The molecule has 0 spiro atoms. The maximum Gasteiger partial charge on any atom is 0.130 e. The minimum absolute atomic E-state index is 0.148. The van der Waals surface area contributed by atoms with Crippen LogP contribution in [0.3, 0.4) is 0 Å². The van der Waals surface area contributed by atoms with Gasteiger partial charge in [0.05, 0.1) is 0 Å². The van der Waals surface area contributed by atoms with Crippen molar-refractivity contribution in [1.82, 2.24) is 0 Å². The molecule has 3 heteroatoms. The Balaban J connectivity index is 2.13. The molecule has 1 aliphatic heterocycles. The van der Waals surface area contributed by atoms with Gasteiger partial charge in [0, 0.05) is 23.8 Å². The first-order chi connectivity index (χ1) is 13.5. The zero-order chi connectivity index (χ0) is 21.5. The second-order valence-corrected chi connectivity index (χ2v) is 9.32. The highest BCUT2D eigenvalue weighted by Crippen LogP contribution is 2.42. The summed E-state index contributed by atoms with van der Waals surface area (Å²) in [5, 5.41) is 0. The first-order valence-electron chi connectivity index (χ1n) is 10.7. The minimum atomic E-state index is -1.36. The molecule has 0 saturated heterocycles. The van der Waals surface area contributed by atoms with Crippen LogP contribution in [0.15, 0.2) is 48.8 Å². The van der Waals surface area contributed by atoms with Gasteiger partial charge in [0.25, 0.3) is 0 Å². The van der Waals surface area contributed by atoms with Crippen molar-refractivity contribution in [3.8, 4) is 0 Å². The van der Waals surface area contributed by atoms with Crippen LogP contribution in [0.5, 0.6) is 0 Å². The molecule has 0 fully saturated rings. The normalized spacial score (nSPS) is 17.1. The van der Waals surface area contributed by atoms with Gasteiger partial charge in [0.2, 0.25) is 0 Å². The number of alkyl halides is 1. The summed E-state index contributed by atoms with van der Waals surface area (Å²) < 4.78 is 14.9. The topological polar surface area (TPSA) is 6.48 Å². The van der Waals surface area contributed by atoms with Crippen LogP contribution in [0.2, 0.25) is 0 Å². The van der Waals surface area contributed by atoms with Gasteiger partial charge in [-0.25, -0.2) is 4.39 Å². The van der Waals surface area contributed by atoms with Crippen molar-refractivity contribution in [2.75, 3.05) is 9.80 Å².